The maximum Gasteiger partial charge on any atom is 0.252 e. The molecule has 0 saturated heterocycles. The molecule has 0 unspecified atom stereocenters. The average molecular weight is 366 g/mol. The van der Waals surface area contributed by atoms with Crippen LogP contribution >= 0.6 is 0 Å². The molecule has 2 N–H and O–H groups in total. The van der Waals surface area contributed by atoms with E-state index in [1.54, 1.807) is 23.7 Å². The molecule has 0 radical (unpaired) electrons. The Morgan fingerprint density at radius 3 is 2.56 bits per heavy atom. The van der Waals surface area contributed by atoms with Crippen molar-refractivity contribution in [3.63, 3.8) is 0 Å². The monoisotopic (exact) mass is 366 g/mol. The van der Waals surface area contributed by atoms with Crippen molar-refractivity contribution in [1.82, 2.24) is 24.9 Å². The summed E-state index contributed by atoms with van der Waals surface area (Å²) in [5.41, 5.74) is 4.41. The van der Waals surface area contributed by atoms with Crippen LogP contribution in [-0.2, 0) is 22.4 Å². The first kappa shape index (κ1) is 18.5. The number of amides is 2. The van der Waals surface area contributed by atoms with Crippen LogP contribution in [0.1, 0.15) is 28.9 Å². The Bertz CT molecular complexity index is 978. The molecule has 0 fully saturated rings. The van der Waals surface area contributed by atoms with Gasteiger partial charge in [-0.3, -0.25) is 9.59 Å². The van der Waals surface area contributed by atoms with Gasteiger partial charge in [-0.2, -0.15) is 10.1 Å². The van der Waals surface area contributed by atoms with E-state index in [0.29, 0.717) is 30.7 Å². The highest BCUT2D eigenvalue weighted by molar-refractivity contribution is 5.91. The lowest BCUT2D eigenvalue weighted by Crippen LogP contribution is -2.19. The van der Waals surface area contributed by atoms with Gasteiger partial charge >= 0.3 is 0 Å². The molecule has 8 heteroatoms. The highest BCUT2D eigenvalue weighted by Crippen LogP contribution is 2.16. The number of carbonyl (C=O) groups is 2. The van der Waals surface area contributed by atoms with E-state index in [9.17, 15) is 9.59 Å². The van der Waals surface area contributed by atoms with Crippen molar-refractivity contribution in [2.45, 2.75) is 33.1 Å². The normalized spacial score (nSPS) is 10.8. The molecular formula is C19H22N6O2. The summed E-state index contributed by atoms with van der Waals surface area (Å²) in [7, 11) is 1.61. The number of nitrogens with one attached hydrogen (secondary N) is 2. The molecule has 3 rings (SSSR count). The van der Waals surface area contributed by atoms with E-state index >= 15 is 0 Å². The van der Waals surface area contributed by atoms with Gasteiger partial charge in [-0.15, -0.1) is 0 Å². The topological polar surface area (TPSA) is 101 Å². The Balaban J connectivity index is 1.61. The maximum atomic E-state index is 12.3. The molecule has 3 aromatic rings. The highest BCUT2D eigenvalue weighted by Gasteiger charge is 2.12. The first-order valence-corrected chi connectivity index (χ1v) is 8.73. The second kappa shape index (κ2) is 7.94. The third-order valence-electron chi connectivity index (χ3n) is 4.47. The summed E-state index contributed by atoms with van der Waals surface area (Å²) in [6.07, 6.45) is 2.70. The lowest BCUT2D eigenvalue weighted by molar-refractivity contribution is -0.120. The zero-order chi connectivity index (χ0) is 19.4. The van der Waals surface area contributed by atoms with Gasteiger partial charge in [0, 0.05) is 30.5 Å². The molecule has 0 saturated carbocycles. The van der Waals surface area contributed by atoms with Gasteiger partial charge in [-0.05, 0) is 43.5 Å². The van der Waals surface area contributed by atoms with Crippen LogP contribution in [0.5, 0.6) is 0 Å². The van der Waals surface area contributed by atoms with Gasteiger partial charge in [-0.1, -0.05) is 12.1 Å². The van der Waals surface area contributed by atoms with Gasteiger partial charge in [0.05, 0.1) is 6.42 Å². The van der Waals surface area contributed by atoms with E-state index in [2.05, 4.69) is 25.7 Å². The summed E-state index contributed by atoms with van der Waals surface area (Å²) in [6.45, 7) is 3.87. The fourth-order valence-electron chi connectivity index (χ4n) is 2.96. The standard InChI is InChI=1S/C19H22N6O2/c1-12-16(13(2)25-19(23-12)21-11-22-25)8-9-17(26)24-15-6-4-14(5-7-15)10-18(27)20-3/h4-7,11H,8-10H2,1-3H3,(H,20,27)(H,24,26). The van der Waals surface area contributed by atoms with Crippen molar-refractivity contribution >= 4 is 23.3 Å². The van der Waals surface area contributed by atoms with Crippen molar-refractivity contribution in [3.05, 3.63) is 53.1 Å². The van der Waals surface area contributed by atoms with Crippen LogP contribution in [0.15, 0.2) is 30.6 Å². The van der Waals surface area contributed by atoms with Gasteiger partial charge in [0.1, 0.15) is 6.33 Å². The SMILES string of the molecule is CNC(=O)Cc1ccc(NC(=O)CCc2c(C)nc3ncnn3c2C)cc1. The van der Waals surface area contributed by atoms with Crippen LogP contribution in [0.2, 0.25) is 0 Å². The van der Waals surface area contributed by atoms with Crippen molar-refractivity contribution < 1.29 is 9.59 Å². The van der Waals surface area contributed by atoms with E-state index in [1.165, 1.54) is 6.33 Å². The van der Waals surface area contributed by atoms with Crippen LogP contribution in [0.4, 0.5) is 5.69 Å². The molecule has 0 aliphatic rings. The van der Waals surface area contributed by atoms with Crippen LogP contribution in [0.25, 0.3) is 5.78 Å². The smallest absolute Gasteiger partial charge is 0.252 e. The van der Waals surface area contributed by atoms with E-state index in [-0.39, 0.29) is 11.8 Å². The van der Waals surface area contributed by atoms with E-state index in [4.69, 9.17) is 0 Å². The number of aryl methyl sites for hydroxylation is 2. The molecule has 0 bridgehead atoms. The summed E-state index contributed by atoms with van der Waals surface area (Å²) in [5, 5.41) is 9.63. The molecule has 0 atom stereocenters. The molecule has 0 aliphatic heterocycles. The molecule has 140 valence electrons. The first-order chi connectivity index (χ1) is 13.0. The first-order valence-electron chi connectivity index (χ1n) is 8.73. The summed E-state index contributed by atoms with van der Waals surface area (Å²) in [4.78, 5) is 32.2. The Morgan fingerprint density at radius 1 is 1.11 bits per heavy atom. The third-order valence-corrected chi connectivity index (χ3v) is 4.47. The maximum absolute atomic E-state index is 12.3. The van der Waals surface area contributed by atoms with Gasteiger partial charge in [0.25, 0.3) is 5.78 Å². The summed E-state index contributed by atoms with van der Waals surface area (Å²) in [5.74, 6) is 0.442. The fraction of sp³-hybridized carbons (Fsp3) is 0.316. The predicted octanol–water partition coefficient (Wildman–Crippen LogP) is 1.60. The molecular weight excluding hydrogens is 344 g/mol. The molecule has 0 spiro atoms. The Hall–Kier alpha value is -3.29. The van der Waals surface area contributed by atoms with Crippen LogP contribution < -0.4 is 10.6 Å². The number of hydrogen-bond donors (Lipinski definition) is 2. The van der Waals surface area contributed by atoms with Crippen molar-refractivity contribution in [2.24, 2.45) is 0 Å². The number of anilines is 1. The summed E-state index contributed by atoms with van der Waals surface area (Å²) >= 11 is 0. The quantitative estimate of drug-likeness (QED) is 0.690. The van der Waals surface area contributed by atoms with Gasteiger partial charge in [-0.25, -0.2) is 9.50 Å². The lowest BCUT2D eigenvalue weighted by Gasteiger charge is -2.11. The number of carbonyl (C=O) groups excluding carboxylic acids is 2. The molecule has 8 nitrogen and oxygen atoms in total. The number of aromatic nitrogens is 4. The van der Waals surface area contributed by atoms with Crippen LogP contribution in [0.3, 0.4) is 0 Å². The molecule has 27 heavy (non-hydrogen) atoms. The molecule has 2 aromatic heterocycles. The van der Waals surface area contributed by atoms with Crippen LogP contribution in [-0.4, -0.2) is 38.4 Å². The second-order valence-electron chi connectivity index (χ2n) is 6.33. The number of rotatable bonds is 6. The number of likely N-dealkylation sites (N-methyl/N-ethyl adjacent to an activating group) is 1. The van der Waals surface area contributed by atoms with Crippen molar-refractivity contribution in [2.75, 3.05) is 12.4 Å². The molecule has 2 amide bonds. The minimum Gasteiger partial charge on any atom is -0.359 e. The number of nitrogens with zero attached hydrogens (tertiary/aromatic N) is 4. The lowest BCUT2D eigenvalue weighted by atomic mass is 10.1. The summed E-state index contributed by atoms with van der Waals surface area (Å²) < 4.78 is 1.69. The number of benzene rings is 1. The highest BCUT2D eigenvalue weighted by atomic mass is 16.2. The minimum atomic E-state index is -0.0773. The summed E-state index contributed by atoms with van der Waals surface area (Å²) in [6, 6.07) is 7.27. The second-order valence-corrected chi connectivity index (χ2v) is 6.33. The Labute approximate surface area is 157 Å². The van der Waals surface area contributed by atoms with Gasteiger partial charge < -0.3 is 10.6 Å². The zero-order valence-corrected chi connectivity index (χ0v) is 15.6. The average Bonchev–Trinajstić information content (AvgIpc) is 3.11. The van der Waals surface area contributed by atoms with E-state index < -0.39 is 0 Å². The van der Waals surface area contributed by atoms with Gasteiger partial charge in [0.15, 0.2) is 0 Å². The van der Waals surface area contributed by atoms with E-state index in [1.807, 2.05) is 26.0 Å². The third kappa shape index (κ3) is 4.28. The Kier molecular flexibility index (Phi) is 5.44. The van der Waals surface area contributed by atoms with Gasteiger partial charge in [0.2, 0.25) is 11.8 Å². The largest absolute Gasteiger partial charge is 0.359 e. The predicted molar refractivity (Wildman–Crippen MR) is 101 cm³/mol. The number of hydrogen-bond acceptors (Lipinski definition) is 5. The minimum absolute atomic E-state index is 0.0458. The van der Waals surface area contributed by atoms with Crippen molar-refractivity contribution in [1.29, 1.82) is 0 Å². The fourth-order valence-corrected chi connectivity index (χ4v) is 2.96. The number of fused-ring (bicyclic) bond motifs is 1. The zero-order valence-electron chi connectivity index (χ0n) is 15.6. The molecule has 1 aromatic carbocycles. The molecule has 0 aliphatic carbocycles. The van der Waals surface area contributed by atoms with Crippen molar-refractivity contribution in [3.8, 4) is 0 Å². The van der Waals surface area contributed by atoms with E-state index in [0.717, 1.165) is 22.5 Å². The molecule has 2 heterocycles. The Morgan fingerprint density at radius 2 is 1.85 bits per heavy atom. The van der Waals surface area contributed by atoms with Crippen LogP contribution in [0, 0.1) is 13.8 Å².